The Morgan fingerprint density at radius 3 is 2.80 bits per heavy atom. The van der Waals surface area contributed by atoms with Gasteiger partial charge in [0.15, 0.2) is 5.84 Å². The van der Waals surface area contributed by atoms with E-state index in [0.29, 0.717) is 30.9 Å². The van der Waals surface area contributed by atoms with Gasteiger partial charge in [-0.2, -0.15) is 0 Å². The molecule has 0 saturated heterocycles. The van der Waals surface area contributed by atoms with E-state index in [4.69, 9.17) is 15.7 Å². The van der Waals surface area contributed by atoms with Gasteiger partial charge in [0.05, 0.1) is 12.7 Å². The molecule has 1 rings (SSSR count). The Morgan fingerprint density at radius 2 is 2.20 bits per heavy atom. The highest BCUT2D eigenvalue weighted by atomic mass is 16.5. The number of rotatable bonds is 7. The van der Waals surface area contributed by atoms with Crippen molar-refractivity contribution in [2.24, 2.45) is 10.9 Å². The molecule has 0 radical (unpaired) electrons. The zero-order valence-corrected chi connectivity index (χ0v) is 11.6. The van der Waals surface area contributed by atoms with Gasteiger partial charge in [-0.15, -0.1) is 0 Å². The van der Waals surface area contributed by atoms with Crippen LogP contribution in [0.1, 0.15) is 18.1 Å². The van der Waals surface area contributed by atoms with E-state index in [9.17, 15) is 4.79 Å². The molecule has 7 heteroatoms. The molecule has 0 saturated carbocycles. The fraction of sp³-hybridized carbons (Fsp3) is 0.385. The van der Waals surface area contributed by atoms with Crippen LogP contribution < -0.4 is 21.1 Å². The number of hydrogen-bond donors (Lipinski definition) is 4. The van der Waals surface area contributed by atoms with Crippen LogP contribution in [0, 0.1) is 0 Å². The van der Waals surface area contributed by atoms with Gasteiger partial charge >= 0.3 is 0 Å². The van der Waals surface area contributed by atoms with Crippen LogP contribution in [0.4, 0.5) is 0 Å². The molecular formula is C13H20N4O3. The molecule has 7 nitrogen and oxygen atoms in total. The van der Waals surface area contributed by atoms with Gasteiger partial charge in [0, 0.05) is 26.6 Å². The molecule has 0 aromatic heterocycles. The minimum absolute atomic E-state index is 0.00650. The predicted molar refractivity (Wildman–Crippen MR) is 75.9 cm³/mol. The number of carbonyl (C=O) groups is 1. The lowest BCUT2D eigenvalue weighted by molar-refractivity contribution is -0.118. The third-order valence-corrected chi connectivity index (χ3v) is 2.65. The van der Waals surface area contributed by atoms with Gasteiger partial charge in [-0.3, -0.25) is 4.79 Å². The minimum Gasteiger partial charge on any atom is -0.496 e. The second-order valence-corrected chi connectivity index (χ2v) is 4.18. The second-order valence-electron chi connectivity index (χ2n) is 4.18. The fourth-order valence-corrected chi connectivity index (χ4v) is 1.67. The normalized spacial score (nSPS) is 11.2. The number of nitrogens with zero attached hydrogens (tertiary/aromatic N) is 1. The zero-order chi connectivity index (χ0) is 15.0. The highest BCUT2D eigenvalue weighted by Crippen LogP contribution is 2.19. The first-order valence-electron chi connectivity index (χ1n) is 6.18. The average Bonchev–Trinajstić information content (AvgIpc) is 2.45. The van der Waals surface area contributed by atoms with E-state index >= 15 is 0 Å². The number of benzene rings is 1. The van der Waals surface area contributed by atoms with Crippen molar-refractivity contribution < 1.29 is 14.7 Å². The highest BCUT2D eigenvalue weighted by molar-refractivity contribution is 5.99. The summed E-state index contributed by atoms with van der Waals surface area (Å²) in [5, 5.41) is 17.5. The van der Waals surface area contributed by atoms with Crippen LogP contribution in [-0.2, 0) is 11.3 Å². The molecule has 0 heterocycles. The van der Waals surface area contributed by atoms with Crippen LogP contribution in [0.5, 0.6) is 5.75 Å². The summed E-state index contributed by atoms with van der Waals surface area (Å²) in [6.45, 7) is 3.36. The SMILES string of the molecule is COc1cc(CNCCNC(C)=O)ccc1/C(N)=N/O. The number of amidine groups is 1. The molecule has 1 amide bonds. The minimum atomic E-state index is -0.0448. The molecule has 0 aliphatic rings. The summed E-state index contributed by atoms with van der Waals surface area (Å²) in [5.41, 5.74) is 7.09. The maximum Gasteiger partial charge on any atom is 0.216 e. The van der Waals surface area contributed by atoms with E-state index in [1.165, 1.54) is 14.0 Å². The third-order valence-electron chi connectivity index (χ3n) is 2.65. The Labute approximate surface area is 117 Å². The van der Waals surface area contributed by atoms with E-state index in [1.54, 1.807) is 6.07 Å². The lowest BCUT2D eigenvalue weighted by Gasteiger charge is -2.10. The van der Waals surface area contributed by atoms with Crippen LogP contribution in [0.2, 0.25) is 0 Å². The van der Waals surface area contributed by atoms with E-state index in [1.807, 2.05) is 12.1 Å². The van der Waals surface area contributed by atoms with Gasteiger partial charge < -0.3 is 26.3 Å². The van der Waals surface area contributed by atoms with Crippen LogP contribution >= 0.6 is 0 Å². The van der Waals surface area contributed by atoms with Crippen LogP contribution in [-0.4, -0.2) is 37.1 Å². The largest absolute Gasteiger partial charge is 0.496 e. The summed E-state index contributed by atoms with van der Waals surface area (Å²) in [7, 11) is 1.53. The second kappa shape index (κ2) is 8.00. The summed E-state index contributed by atoms with van der Waals surface area (Å²) in [5.74, 6) is 0.505. The topological polar surface area (TPSA) is 109 Å². The Bertz CT molecular complexity index is 489. The van der Waals surface area contributed by atoms with Gasteiger partial charge in [-0.05, 0) is 17.7 Å². The Balaban J connectivity index is 2.58. The molecule has 0 aliphatic carbocycles. The maximum atomic E-state index is 10.7. The number of nitrogens with one attached hydrogen (secondary N) is 2. The number of amides is 1. The van der Waals surface area contributed by atoms with Crippen molar-refractivity contribution in [3.05, 3.63) is 29.3 Å². The van der Waals surface area contributed by atoms with Crippen molar-refractivity contribution >= 4 is 11.7 Å². The first kappa shape index (κ1) is 15.8. The molecular weight excluding hydrogens is 260 g/mol. The number of ether oxygens (including phenoxy) is 1. The molecule has 1 aromatic carbocycles. The summed E-state index contributed by atoms with van der Waals surface area (Å²) < 4.78 is 5.21. The average molecular weight is 280 g/mol. The van der Waals surface area contributed by atoms with Gasteiger partial charge in [0.25, 0.3) is 0 Å². The van der Waals surface area contributed by atoms with Crippen LogP contribution in [0.3, 0.4) is 0 Å². The van der Waals surface area contributed by atoms with Crippen LogP contribution in [0.15, 0.2) is 23.4 Å². The molecule has 0 atom stereocenters. The fourth-order valence-electron chi connectivity index (χ4n) is 1.67. The third kappa shape index (κ3) is 4.77. The number of methoxy groups -OCH3 is 1. The van der Waals surface area contributed by atoms with E-state index in [2.05, 4.69) is 15.8 Å². The molecule has 0 spiro atoms. The highest BCUT2D eigenvalue weighted by Gasteiger charge is 2.08. The Kier molecular flexibility index (Phi) is 6.31. The first-order chi connectivity index (χ1) is 9.58. The zero-order valence-electron chi connectivity index (χ0n) is 11.6. The first-order valence-corrected chi connectivity index (χ1v) is 6.18. The van der Waals surface area contributed by atoms with Crippen molar-refractivity contribution in [1.82, 2.24) is 10.6 Å². The van der Waals surface area contributed by atoms with Gasteiger partial charge in [0.2, 0.25) is 5.91 Å². The summed E-state index contributed by atoms with van der Waals surface area (Å²) >= 11 is 0. The number of hydrogen-bond acceptors (Lipinski definition) is 5. The molecule has 0 fully saturated rings. The molecule has 0 bridgehead atoms. The lowest BCUT2D eigenvalue weighted by atomic mass is 10.1. The molecule has 20 heavy (non-hydrogen) atoms. The molecule has 0 unspecified atom stereocenters. The number of oxime groups is 1. The quantitative estimate of drug-likeness (QED) is 0.185. The smallest absolute Gasteiger partial charge is 0.216 e. The van der Waals surface area contributed by atoms with E-state index in [0.717, 1.165) is 5.56 Å². The number of carbonyl (C=O) groups excluding carboxylic acids is 1. The molecule has 110 valence electrons. The van der Waals surface area contributed by atoms with Crippen molar-refractivity contribution in [2.75, 3.05) is 20.2 Å². The van der Waals surface area contributed by atoms with Crippen molar-refractivity contribution in [3.8, 4) is 5.75 Å². The summed E-state index contributed by atoms with van der Waals surface area (Å²) in [6.07, 6.45) is 0. The summed E-state index contributed by atoms with van der Waals surface area (Å²) in [4.78, 5) is 10.7. The van der Waals surface area contributed by atoms with Crippen molar-refractivity contribution in [3.63, 3.8) is 0 Å². The molecule has 1 aromatic rings. The maximum absolute atomic E-state index is 10.7. The van der Waals surface area contributed by atoms with Gasteiger partial charge in [-0.25, -0.2) is 0 Å². The van der Waals surface area contributed by atoms with Gasteiger partial charge in [-0.1, -0.05) is 11.2 Å². The summed E-state index contributed by atoms with van der Waals surface area (Å²) in [6, 6.07) is 5.42. The molecule has 5 N–H and O–H groups in total. The Hall–Kier alpha value is -2.28. The van der Waals surface area contributed by atoms with Gasteiger partial charge in [0.1, 0.15) is 5.75 Å². The monoisotopic (exact) mass is 280 g/mol. The van der Waals surface area contributed by atoms with E-state index < -0.39 is 0 Å². The van der Waals surface area contributed by atoms with Crippen molar-refractivity contribution in [2.45, 2.75) is 13.5 Å². The van der Waals surface area contributed by atoms with Crippen molar-refractivity contribution in [1.29, 1.82) is 0 Å². The predicted octanol–water partition coefficient (Wildman–Crippen LogP) is 0.0154. The Morgan fingerprint density at radius 1 is 1.45 bits per heavy atom. The number of nitrogens with two attached hydrogens (primary N) is 1. The van der Waals surface area contributed by atoms with Crippen LogP contribution in [0.25, 0.3) is 0 Å². The molecule has 0 aliphatic heterocycles. The standard InChI is InChI=1S/C13H20N4O3/c1-9(18)16-6-5-15-8-10-3-4-11(13(14)17-19)12(7-10)20-2/h3-4,7,15,19H,5-6,8H2,1-2H3,(H2,14,17)(H,16,18). The van der Waals surface area contributed by atoms with E-state index in [-0.39, 0.29) is 11.7 Å². The lowest BCUT2D eigenvalue weighted by Crippen LogP contribution is -2.29.